The normalized spacial score (nSPS) is 9.18. The van der Waals surface area contributed by atoms with Gasteiger partial charge >= 0.3 is 5.97 Å². The fourth-order valence-corrected chi connectivity index (χ4v) is 0.759. The molecule has 0 aliphatic rings. The summed E-state index contributed by atoms with van der Waals surface area (Å²) in [5, 5.41) is 0. The third-order valence-electron chi connectivity index (χ3n) is 1.28. The molecule has 0 heterocycles. The number of hydrogen-bond acceptors (Lipinski definition) is 2. The maximum Gasteiger partial charge on any atom is 0.302 e. The van der Waals surface area contributed by atoms with Crippen molar-refractivity contribution in [3.05, 3.63) is 35.9 Å². The minimum absolute atomic E-state index is 0.242. The summed E-state index contributed by atoms with van der Waals surface area (Å²) in [5.41, 5.74) is 1.02. The van der Waals surface area contributed by atoms with Crippen LogP contribution in [0.4, 0.5) is 0 Å². The van der Waals surface area contributed by atoms with E-state index in [9.17, 15) is 4.79 Å². The van der Waals surface area contributed by atoms with Crippen LogP contribution in [0.1, 0.15) is 12.5 Å². The molecule has 0 spiro atoms. The van der Waals surface area contributed by atoms with Gasteiger partial charge in [0, 0.05) is 6.92 Å². The molecule has 0 atom stereocenters. The van der Waals surface area contributed by atoms with Crippen molar-refractivity contribution in [3.8, 4) is 0 Å². The van der Waals surface area contributed by atoms with Crippen LogP contribution in [0.15, 0.2) is 30.3 Å². The molecule has 1 rings (SSSR count). The predicted molar refractivity (Wildman–Crippen MR) is 41.9 cm³/mol. The van der Waals surface area contributed by atoms with E-state index in [1.54, 1.807) is 0 Å². The quantitative estimate of drug-likeness (QED) is 0.475. The maximum absolute atomic E-state index is 10.4. The number of benzene rings is 1. The van der Waals surface area contributed by atoms with E-state index in [4.69, 9.17) is 4.74 Å². The van der Waals surface area contributed by atoms with E-state index in [2.05, 4.69) is 0 Å². The lowest BCUT2D eigenvalue weighted by molar-refractivity contribution is -0.142. The fourth-order valence-electron chi connectivity index (χ4n) is 0.759. The Morgan fingerprint density at radius 1 is 1.36 bits per heavy atom. The van der Waals surface area contributed by atoms with E-state index in [-0.39, 0.29) is 5.97 Å². The number of esters is 1. The third kappa shape index (κ3) is 2.85. The minimum atomic E-state index is -0.242. The molecule has 11 heavy (non-hydrogen) atoms. The Hall–Kier alpha value is -1.31. The molecule has 1 aromatic carbocycles. The smallest absolute Gasteiger partial charge is 0.302 e. The highest BCUT2D eigenvalue weighted by atomic mass is 16.6. The van der Waals surface area contributed by atoms with E-state index in [0.29, 0.717) is 6.61 Å². The highest BCUT2D eigenvalue weighted by molar-refractivity contribution is 5.65. The monoisotopic (exact) mass is 151 g/mol. The van der Waals surface area contributed by atoms with Crippen LogP contribution in [0.3, 0.4) is 0 Å². The second kappa shape index (κ2) is 3.76. The van der Waals surface area contributed by atoms with Gasteiger partial charge in [0.25, 0.3) is 0 Å². The molecule has 1 aromatic rings. The molecule has 0 aromatic heterocycles. The third-order valence-corrected chi connectivity index (χ3v) is 1.28. The summed E-state index contributed by atoms with van der Waals surface area (Å²) >= 11 is 0. The van der Waals surface area contributed by atoms with Crippen molar-refractivity contribution in [3.63, 3.8) is 0 Å². The number of ether oxygens (including phenoxy) is 1. The maximum atomic E-state index is 10.4. The van der Waals surface area contributed by atoms with Gasteiger partial charge in [-0.15, -0.1) is 0 Å². The first-order valence-electron chi connectivity index (χ1n) is 3.46. The molecule has 2 heteroatoms. The molecule has 0 saturated heterocycles. The van der Waals surface area contributed by atoms with Crippen LogP contribution in [-0.4, -0.2) is 5.97 Å². The second-order valence-corrected chi connectivity index (χ2v) is 2.27. The summed E-state index contributed by atoms with van der Waals surface area (Å²) in [7, 11) is 0. The summed E-state index contributed by atoms with van der Waals surface area (Å²) in [6.45, 7) is 1.78. The van der Waals surface area contributed by atoms with Crippen LogP contribution in [0, 0.1) is 0 Å². The predicted octanol–water partition coefficient (Wildman–Crippen LogP) is 1.75. The molecule has 0 aliphatic carbocycles. The summed E-state index contributed by atoms with van der Waals surface area (Å²) in [6, 6.07) is 9.60. The highest BCUT2D eigenvalue weighted by Gasteiger charge is 1.93. The van der Waals surface area contributed by atoms with Gasteiger partial charge in [0.1, 0.15) is 6.61 Å². The standard InChI is InChI=1S/C9H10O2/c1-8(10)11-7-9-5-3-2-4-6-9/h2-6H,7H2,1H3/i8+1. The van der Waals surface area contributed by atoms with Crippen molar-refractivity contribution in [2.24, 2.45) is 0 Å². The van der Waals surface area contributed by atoms with Crippen molar-refractivity contribution < 1.29 is 9.53 Å². The SMILES string of the molecule is C[13C](=O)OCc1ccccc1. The Labute approximate surface area is 65.8 Å². The second-order valence-electron chi connectivity index (χ2n) is 2.27. The molecule has 0 N–H and O–H groups in total. The lowest BCUT2D eigenvalue weighted by Gasteiger charge is -1.99. The van der Waals surface area contributed by atoms with Gasteiger partial charge in [-0.2, -0.15) is 0 Å². The van der Waals surface area contributed by atoms with E-state index in [1.807, 2.05) is 30.3 Å². The molecule has 58 valence electrons. The Balaban J connectivity index is 2.45. The first kappa shape index (κ1) is 7.79. The molecule has 0 fully saturated rings. The number of carbonyl (C=O) groups is 1. The van der Waals surface area contributed by atoms with Crippen molar-refractivity contribution >= 4 is 5.97 Å². The molecule has 2 nitrogen and oxygen atoms in total. The zero-order valence-electron chi connectivity index (χ0n) is 6.41. The van der Waals surface area contributed by atoms with Gasteiger partial charge in [0.05, 0.1) is 0 Å². The Kier molecular flexibility index (Phi) is 2.66. The van der Waals surface area contributed by atoms with E-state index < -0.39 is 0 Å². The van der Waals surface area contributed by atoms with Crippen molar-refractivity contribution in [1.29, 1.82) is 0 Å². The Morgan fingerprint density at radius 3 is 2.55 bits per heavy atom. The first-order chi connectivity index (χ1) is 5.29. The fraction of sp³-hybridized carbons (Fsp3) is 0.222. The van der Waals surface area contributed by atoms with Crippen LogP contribution >= 0.6 is 0 Å². The highest BCUT2D eigenvalue weighted by Crippen LogP contribution is 1.99. The van der Waals surface area contributed by atoms with Gasteiger partial charge in [0.15, 0.2) is 0 Å². The topological polar surface area (TPSA) is 26.3 Å². The summed E-state index contributed by atoms with van der Waals surface area (Å²) in [4.78, 5) is 10.4. The van der Waals surface area contributed by atoms with Crippen LogP contribution in [-0.2, 0) is 16.1 Å². The average molecular weight is 151 g/mol. The Morgan fingerprint density at radius 2 is 2.00 bits per heavy atom. The van der Waals surface area contributed by atoms with Crippen molar-refractivity contribution in [2.75, 3.05) is 0 Å². The zero-order valence-corrected chi connectivity index (χ0v) is 6.41. The van der Waals surface area contributed by atoms with Crippen molar-refractivity contribution in [2.45, 2.75) is 13.5 Å². The summed E-state index contributed by atoms with van der Waals surface area (Å²) < 4.78 is 4.79. The van der Waals surface area contributed by atoms with Gasteiger partial charge in [-0.1, -0.05) is 30.3 Å². The number of rotatable bonds is 2. The molecule has 0 radical (unpaired) electrons. The molecule has 0 amide bonds. The molecule has 0 saturated carbocycles. The molecular weight excluding hydrogens is 141 g/mol. The largest absolute Gasteiger partial charge is 0.461 e. The summed E-state index contributed by atoms with van der Waals surface area (Å²) in [5.74, 6) is -0.242. The molecule has 0 unspecified atom stereocenters. The van der Waals surface area contributed by atoms with Gasteiger partial charge in [-0.05, 0) is 5.56 Å². The van der Waals surface area contributed by atoms with Crippen LogP contribution in [0.2, 0.25) is 0 Å². The van der Waals surface area contributed by atoms with Gasteiger partial charge in [0.2, 0.25) is 0 Å². The van der Waals surface area contributed by atoms with E-state index >= 15 is 0 Å². The van der Waals surface area contributed by atoms with Gasteiger partial charge in [-0.3, -0.25) is 4.79 Å². The molecule has 0 aliphatic heterocycles. The lowest BCUT2D eigenvalue weighted by atomic mass is 10.2. The van der Waals surface area contributed by atoms with Crippen LogP contribution < -0.4 is 0 Å². The average Bonchev–Trinajstić information content (AvgIpc) is 2.03. The Bertz CT molecular complexity index is 229. The number of hydrogen-bond donors (Lipinski definition) is 0. The van der Waals surface area contributed by atoms with Crippen molar-refractivity contribution in [1.82, 2.24) is 0 Å². The number of carbonyl (C=O) groups excluding carboxylic acids is 1. The molecule has 0 bridgehead atoms. The van der Waals surface area contributed by atoms with Gasteiger partial charge < -0.3 is 4.74 Å². The van der Waals surface area contributed by atoms with E-state index in [1.165, 1.54) is 6.92 Å². The molecular formula is C9H10O2. The van der Waals surface area contributed by atoms with Crippen LogP contribution in [0.25, 0.3) is 0 Å². The zero-order chi connectivity index (χ0) is 8.10. The lowest BCUT2D eigenvalue weighted by Crippen LogP contribution is -1.97. The minimum Gasteiger partial charge on any atom is -0.461 e. The first-order valence-corrected chi connectivity index (χ1v) is 3.46. The van der Waals surface area contributed by atoms with Gasteiger partial charge in [-0.25, -0.2) is 0 Å². The van der Waals surface area contributed by atoms with Crippen LogP contribution in [0.5, 0.6) is 0 Å². The summed E-state index contributed by atoms with van der Waals surface area (Å²) in [6.07, 6.45) is 0. The van der Waals surface area contributed by atoms with E-state index in [0.717, 1.165) is 5.56 Å².